The molecule has 0 aliphatic rings. The number of phenolic OH excluding ortho intramolecular Hbond substituents is 1. The normalized spacial score (nSPS) is 10.5. The number of furan rings is 1. The van der Waals surface area contributed by atoms with Gasteiger partial charge < -0.3 is 14.6 Å². The number of aromatic hydroxyl groups is 1. The van der Waals surface area contributed by atoms with E-state index < -0.39 is 22.3 Å². The van der Waals surface area contributed by atoms with Crippen molar-refractivity contribution in [2.45, 2.75) is 0 Å². The lowest BCUT2D eigenvalue weighted by molar-refractivity contribution is -0.385. The van der Waals surface area contributed by atoms with E-state index in [1.807, 2.05) is 0 Å². The molecule has 2 N–H and O–H groups in total. The molecule has 1 heterocycles. The highest BCUT2D eigenvalue weighted by molar-refractivity contribution is 5.95. The van der Waals surface area contributed by atoms with Crippen LogP contribution in [0.4, 0.5) is 5.69 Å². The number of aromatic carboxylic acids is 1. The Kier molecular flexibility index (Phi) is 2.01. The van der Waals surface area contributed by atoms with Crippen LogP contribution >= 0.6 is 0 Å². The molecule has 0 saturated heterocycles. The number of phenols is 1. The molecule has 7 nitrogen and oxygen atoms in total. The number of fused-ring (bicyclic) bond motifs is 1. The van der Waals surface area contributed by atoms with Gasteiger partial charge in [0.15, 0.2) is 0 Å². The number of nitro groups is 1. The van der Waals surface area contributed by atoms with Crippen molar-refractivity contribution in [1.82, 2.24) is 0 Å². The standard InChI is InChI=1S/C9H5NO6/c11-8-4-3-7(9(12)13)16-6(4)2-1-5(8)10(14)15/h1-3,11H,(H,12,13). The van der Waals surface area contributed by atoms with Crippen molar-refractivity contribution < 1.29 is 24.3 Å². The highest BCUT2D eigenvalue weighted by atomic mass is 16.6. The Balaban J connectivity index is 2.74. The molecule has 0 atom stereocenters. The molecule has 2 rings (SSSR count). The molecule has 0 bridgehead atoms. The summed E-state index contributed by atoms with van der Waals surface area (Å²) in [4.78, 5) is 20.3. The van der Waals surface area contributed by atoms with Gasteiger partial charge in [-0.2, -0.15) is 0 Å². The fraction of sp³-hybridized carbons (Fsp3) is 0. The average Bonchev–Trinajstić information content (AvgIpc) is 2.62. The summed E-state index contributed by atoms with van der Waals surface area (Å²) >= 11 is 0. The zero-order valence-electron chi connectivity index (χ0n) is 7.71. The zero-order valence-corrected chi connectivity index (χ0v) is 7.71. The van der Waals surface area contributed by atoms with Crippen LogP contribution in [0.5, 0.6) is 5.75 Å². The first kappa shape index (κ1) is 9.97. The fourth-order valence-electron chi connectivity index (χ4n) is 1.34. The van der Waals surface area contributed by atoms with E-state index in [1.54, 1.807) is 0 Å². The van der Waals surface area contributed by atoms with Crippen LogP contribution in [0.25, 0.3) is 11.0 Å². The predicted octanol–water partition coefficient (Wildman–Crippen LogP) is 1.74. The maximum atomic E-state index is 10.6. The monoisotopic (exact) mass is 223 g/mol. The van der Waals surface area contributed by atoms with Crippen LogP contribution in [-0.2, 0) is 0 Å². The number of carboxylic acids is 1. The Morgan fingerprint density at radius 1 is 1.44 bits per heavy atom. The number of rotatable bonds is 2. The van der Waals surface area contributed by atoms with Crippen molar-refractivity contribution >= 4 is 22.6 Å². The Labute approximate surface area is 87.7 Å². The molecule has 1 aromatic heterocycles. The van der Waals surface area contributed by atoms with Gasteiger partial charge in [0.05, 0.1) is 10.3 Å². The molecule has 0 aliphatic carbocycles. The van der Waals surface area contributed by atoms with Crippen molar-refractivity contribution in [2.75, 3.05) is 0 Å². The SMILES string of the molecule is O=C(O)c1cc2c(O)c([N+](=O)[O-])ccc2o1. The van der Waals surface area contributed by atoms with Crippen LogP contribution in [0.2, 0.25) is 0 Å². The maximum absolute atomic E-state index is 10.6. The second-order valence-corrected chi connectivity index (χ2v) is 3.02. The third-order valence-corrected chi connectivity index (χ3v) is 2.06. The summed E-state index contributed by atoms with van der Waals surface area (Å²) in [5.41, 5.74) is -0.411. The van der Waals surface area contributed by atoms with Crippen LogP contribution in [0.1, 0.15) is 10.6 Å². The van der Waals surface area contributed by atoms with E-state index in [0.29, 0.717) is 0 Å². The lowest BCUT2D eigenvalue weighted by Crippen LogP contribution is -1.91. The van der Waals surface area contributed by atoms with E-state index in [0.717, 1.165) is 12.1 Å². The minimum Gasteiger partial charge on any atom is -0.502 e. The van der Waals surface area contributed by atoms with Gasteiger partial charge in [-0.1, -0.05) is 0 Å². The van der Waals surface area contributed by atoms with Gasteiger partial charge in [-0.05, 0) is 6.07 Å². The van der Waals surface area contributed by atoms with Crippen LogP contribution < -0.4 is 0 Å². The van der Waals surface area contributed by atoms with Crippen molar-refractivity contribution in [1.29, 1.82) is 0 Å². The van der Waals surface area contributed by atoms with E-state index in [1.165, 1.54) is 6.07 Å². The molecule has 0 unspecified atom stereocenters. The van der Waals surface area contributed by atoms with E-state index in [2.05, 4.69) is 0 Å². The van der Waals surface area contributed by atoms with Crippen molar-refractivity contribution in [3.8, 4) is 5.75 Å². The summed E-state index contributed by atoms with van der Waals surface area (Å²) in [6.07, 6.45) is 0. The molecule has 82 valence electrons. The molecule has 0 fully saturated rings. The van der Waals surface area contributed by atoms with Gasteiger partial charge in [0.2, 0.25) is 11.5 Å². The molecular formula is C9H5NO6. The van der Waals surface area contributed by atoms with Crippen LogP contribution in [0.3, 0.4) is 0 Å². The Morgan fingerprint density at radius 2 is 2.12 bits per heavy atom. The minimum atomic E-state index is -1.31. The molecule has 0 saturated carbocycles. The number of nitrogens with zero attached hydrogens (tertiary/aromatic N) is 1. The first-order valence-corrected chi connectivity index (χ1v) is 4.14. The van der Waals surface area contributed by atoms with Gasteiger partial charge in [0.1, 0.15) is 5.58 Å². The van der Waals surface area contributed by atoms with Gasteiger partial charge in [-0.25, -0.2) is 4.79 Å². The molecule has 16 heavy (non-hydrogen) atoms. The van der Waals surface area contributed by atoms with Gasteiger partial charge in [-0.3, -0.25) is 10.1 Å². The largest absolute Gasteiger partial charge is 0.502 e. The first-order valence-electron chi connectivity index (χ1n) is 4.14. The van der Waals surface area contributed by atoms with Gasteiger partial charge in [0, 0.05) is 12.1 Å². The average molecular weight is 223 g/mol. The van der Waals surface area contributed by atoms with Crippen LogP contribution in [0, 0.1) is 10.1 Å². The summed E-state index contributed by atoms with van der Waals surface area (Å²) < 4.78 is 4.86. The molecular weight excluding hydrogens is 218 g/mol. The third kappa shape index (κ3) is 1.34. The lowest BCUT2D eigenvalue weighted by Gasteiger charge is -1.95. The number of carbonyl (C=O) groups is 1. The first-order chi connectivity index (χ1) is 7.50. The molecule has 2 aromatic rings. The fourth-order valence-corrected chi connectivity index (χ4v) is 1.34. The Hall–Kier alpha value is -2.57. The summed E-state index contributed by atoms with van der Waals surface area (Å²) in [6.45, 7) is 0. The van der Waals surface area contributed by atoms with E-state index in [4.69, 9.17) is 9.52 Å². The molecule has 1 aromatic carbocycles. The van der Waals surface area contributed by atoms with E-state index in [-0.39, 0.29) is 16.7 Å². The van der Waals surface area contributed by atoms with Gasteiger partial charge >= 0.3 is 11.7 Å². The second-order valence-electron chi connectivity index (χ2n) is 3.02. The maximum Gasteiger partial charge on any atom is 0.371 e. The summed E-state index contributed by atoms with van der Waals surface area (Å²) in [5.74, 6) is -2.29. The van der Waals surface area contributed by atoms with Gasteiger partial charge in [0.25, 0.3) is 0 Å². The summed E-state index contributed by atoms with van der Waals surface area (Å²) in [6, 6.07) is 3.33. The predicted molar refractivity (Wildman–Crippen MR) is 51.5 cm³/mol. The zero-order chi connectivity index (χ0) is 11.9. The number of hydrogen-bond donors (Lipinski definition) is 2. The highest BCUT2D eigenvalue weighted by Gasteiger charge is 2.20. The Bertz CT molecular complexity index is 599. The summed E-state index contributed by atoms with van der Waals surface area (Å²) in [5, 5.41) is 28.7. The highest BCUT2D eigenvalue weighted by Crippen LogP contribution is 2.35. The summed E-state index contributed by atoms with van der Waals surface area (Å²) in [7, 11) is 0. The molecule has 7 heteroatoms. The number of hydrogen-bond acceptors (Lipinski definition) is 5. The Morgan fingerprint density at radius 3 is 2.69 bits per heavy atom. The van der Waals surface area contributed by atoms with Crippen molar-refractivity contribution in [3.05, 3.63) is 34.1 Å². The number of carboxylic acid groups (broad SMARTS) is 1. The van der Waals surface area contributed by atoms with Crippen molar-refractivity contribution in [3.63, 3.8) is 0 Å². The van der Waals surface area contributed by atoms with Crippen molar-refractivity contribution in [2.24, 2.45) is 0 Å². The van der Waals surface area contributed by atoms with Crippen LogP contribution in [-0.4, -0.2) is 21.1 Å². The van der Waals surface area contributed by atoms with Gasteiger partial charge in [-0.15, -0.1) is 0 Å². The second kappa shape index (κ2) is 3.23. The third-order valence-electron chi connectivity index (χ3n) is 2.06. The molecule has 0 aliphatic heterocycles. The molecule has 0 amide bonds. The topological polar surface area (TPSA) is 114 Å². The van der Waals surface area contributed by atoms with E-state index >= 15 is 0 Å². The molecule has 0 radical (unpaired) electrons. The lowest BCUT2D eigenvalue weighted by atomic mass is 10.2. The van der Waals surface area contributed by atoms with E-state index in [9.17, 15) is 20.0 Å². The smallest absolute Gasteiger partial charge is 0.371 e. The van der Waals surface area contributed by atoms with Crippen LogP contribution in [0.15, 0.2) is 22.6 Å². The number of benzene rings is 1. The minimum absolute atomic E-state index is 0.00611. The molecule has 0 spiro atoms. The quantitative estimate of drug-likeness (QED) is 0.592. The number of nitro benzene ring substituents is 1.